The van der Waals surface area contributed by atoms with Gasteiger partial charge in [0.1, 0.15) is 35.5 Å². The maximum atomic E-state index is 13.8. The topological polar surface area (TPSA) is 129 Å². The largest absolute Gasteiger partial charge is 0.460 e. The average molecular weight is 896 g/mol. The molecule has 0 radical (unpaired) electrons. The summed E-state index contributed by atoms with van der Waals surface area (Å²) in [7, 11) is 0. The predicted molar refractivity (Wildman–Crippen MR) is 240 cm³/mol. The number of carbonyl (C=O) groups excluding carboxylic acids is 4. The second-order valence-electron chi connectivity index (χ2n) is 17.2. The summed E-state index contributed by atoms with van der Waals surface area (Å²) in [6.07, 6.45) is -1.49. The second-order valence-corrected chi connectivity index (χ2v) is 18.5. The van der Waals surface area contributed by atoms with Gasteiger partial charge in [0.2, 0.25) is 0 Å². The van der Waals surface area contributed by atoms with Crippen LogP contribution in [0.3, 0.4) is 0 Å². The molecule has 10 nitrogen and oxygen atoms in total. The lowest BCUT2D eigenvalue weighted by Crippen LogP contribution is -2.44. The van der Waals surface area contributed by atoms with Crippen LogP contribution in [0.15, 0.2) is 97.1 Å². The van der Waals surface area contributed by atoms with Crippen molar-refractivity contribution in [2.75, 3.05) is 0 Å². The van der Waals surface area contributed by atoms with Crippen molar-refractivity contribution in [3.05, 3.63) is 140 Å². The van der Waals surface area contributed by atoms with Gasteiger partial charge in [-0.2, -0.15) is 0 Å². The summed E-state index contributed by atoms with van der Waals surface area (Å²) >= 11 is 18.9. The van der Waals surface area contributed by atoms with E-state index in [4.69, 9.17) is 53.8 Å². The fourth-order valence-corrected chi connectivity index (χ4v) is 7.07. The summed E-state index contributed by atoms with van der Waals surface area (Å²) in [4.78, 5) is 52.1. The Bertz CT molecular complexity index is 2080. The third kappa shape index (κ3) is 16.2. The van der Waals surface area contributed by atoms with E-state index in [0.717, 1.165) is 27.8 Å². The summed E-state index contributed by atoms with van der Waals surface area (Å²) in [6, 6.07) is 28.6. The zero-order valence-electron chi connectivity index (χ0n) is 36.2. The number of ether oxygens (including phenoxy) is 4. The van der Waals surface area contributed by atoms with Crippen LogP contribution in [0.2, 0.25) is 15.1 Å². The molecule has 0 fully saturated rings. The lowest BCUT2D eigenvalue weighted by atomic mass is 9.83. The number of carbonyl (C=O) groups is 4. The number of hydrogen-bond acceptors (Lipinski definition) is 8. The molecule has 61 heavy (non-hydrogen) atoms. The number of benzene rings is 4. The summed E-state index contributed by atoms with van der Waals surface area (Å²) in [5, 5.41) is 6.60. The van der Waals surface area contributed by atoms with Crippen molar-refractivity contribution < 1.29 is 38.1 Å². The molecule has 4 aromatic rings. The normalized spacial score (nSPS) is 14.6. The third-order valence-corrected chi connectivity index (χ3v) is 10.6. The monoisotopic (exact) mass is 894 g/mol. The van der Waals surface area contributed by atoms with E-state index < -0.39 is 59.6 Å². The van der Waals surface area contributed by atoms with Crippen LogP contribution in [0, 0.1) is 0 Å². The molecular weight excluding hydrogens is 839 g/mol. The van der Waals surface area contributed by atoms with E-state index in [1.807, 2.05) is 97.9 Å². The lowest BCUT2D eigenvalue weighted by Gasteiger charge is -2.30. The van der Waals surface area contributed by atoms with Crippen LogP contribution in [-0.2, 0) is 47.8 Å². The Morgan fingerprint density at radius 2 is 1.00 bits per heavy atom. The van der Waals surface area contributed by atoms with Gasteiger partial charge in [-0.3, -0.25) is 0 Å². The van der Waals surface area contributed by atoms with Crippen molar-refractivity contribution in [3.63, 3.8) is 0 Å². The minimum Gasteiger partial charge on any atom is -0.460 e. The SMILES string of the molecule is C[C@H](NC(=O)OC(C)(C)C)C(=O)O[C@@H](C)[C@H](Cc1ccc(Cl)cc1)c1ccc(C[C@H](OC(=O)[C@H](C)NC(=O)OC(C)(C)C)[C@H](Cc2ccc(Cl)c(Cl)c2)c2ccccc2)cc1. The van der Waals surface area contributed by atoms with Gasteiger partial charge in [0.25, 0.3) is 0 Å². The van der Waals surface area contributed by atoms with Crippen molar-refractivity contribution in [1.29, 1.82) is 0 Å². The molecule has 2 N–H and O–H groups in total. The maximum Gasteiger partial charge on any atom is 0.408 e. The minimum atomic E-state index is -1.01. The molecule has 0 bridgehead atoms. The van der Waals surface area contributed by atoms with Gasteiger partial charge in [0.15, 0.2) is 0 Å². The van der Waals surface area contributed by atoms with E-state index in [0.29, 0.717) is 34.3 Å². The van der Waals surface area contributed by atoms with Gasteiger partial charge in [-0.25, -0.2) is 19.2 Å². The Balaban J connectivity index is 1.66. The van der Waals surface area contributed by atoms with Gasteiger partial charge in [-0.05, 0) is 127 Å². The first-order valence-corrected chi connectivity index (χ1v) is 21.4. The van der Waals surface area contributed by atoms with E-state index >= 15 is 0 Å². The summed E-state index contributed by atoms with van der Waals surface area (Å²) < 4.78 is 23.0. The zero-order valence-corrected chi connectivity index (χ0v) is 38.5. The van der Waals surface area contributed by atoms with Gasteiger partial charge >= 0.3 is 24.1 Å². The molecule has 6 atom stereocenters. The molecule has 2 amide bonds. The molecule has 0 aliphatic heterocycles. The Hall–Kier alpha value is -4.77. The molecule has 0 heterocycles. The molecule has 4 aromatic carbocycles. The Labute approximate surface area is 374 Å². The highest BCUT2D eigenvalue weighted by Crippen LogP contribution is 2.33. The first-order valence-electron chi connectivity index (χ1n) is 20.3. The minimum absolute atomic E-state index is 0.298. The molecule has 4 rings (SSSR count). The first-order chi connectivity index (χ1) is 28.6. The molecule has 328 valence electrons. The Kier molecular flexibility index (Phi) is 17.5. The van der Waals surface area contributed by atoms with Crippen molar-refractivity contribution >= 4 is 58.9 Å². The molecule has 0 saturated heterocycles. The van der Waals surface area contributed by atoms with Crippen LogP contribution in [0.5, 0.6) is 0 Å². The van der Waals surface area contributed by atoms with Crippen LogP contribution in [0.25, 0.3) is 0 Å². The van der Waals surface area contributed by atoms with E-state index in [9.17, 15) is 19.2 Å². The van der Waals surface area contributed by atoms with Crippen molar-refractivity contribution in [2.24, 2.45) is 0 Å². The van der Waals surface area contributed by atoms with Gasteiger partial charge in [-0.1, -0.05) is 108 Å². The number of hydrogen-bond donors (Lipinski definition) is 2. The fraction of sp³-hybridized carbons (Fsp3) is 0.417. The number of rotatable bonds is 16. The summed E-state index contributed by atoms with van der Waals surface area (Å²) in [5.41, 5.74) is 3.08. The molecule has 0 saturated carbocycles. The quantitative estimate of drug-likeness (QED) is 0.0840. The van der Waals surface area contributed by atoms with Gasteiger partial charge < -0.3 is 29.6 Å². The number of esters is 2. The Morgan fingerprint density at radius 3 is 1.52 bits per heavy atom. The van der Waals surface area contributed by atoms with E-state index in [-0.39, 0.29) is 11.8 Å². The summed E-state index contributed by atoms with van der Waals surface area (Å²) in [6.45, 7) is 15.4. The maximum absolute atomic E-state index is 13.8. The molecule has 0 unspecified atom stereocenters. The molecule has 0 aliphatic rings. The number of halogens is 3. The molecule has 0 aromatic heterocycles. The van der Waals surface area contributed by atoms with Crippen molar-refractivity contribution in [3.8, 4) is 0 Å². The number of alkyl carbamates (subject to hydrolysis) is 2. The van der Waals surface area contributed by atoms with Crippen LogP contribution in [-0.4, -0.2) is 59.6 Å². The first kappa shape index (κ1) is 48.9. The predicted octanol–water partition coefficient (Wildman–Crippen LogP) is 11.2. The van der Waals surface area contributed by atoms with E-state index in [2.05, 4.69) is 10.6 Å². The van der Waals surface area contributed by atoms with Crippen LogP contribution < -0.4 is 10.6 Å². The molecule has 13 heteroatoms. The molecule has 0 spiro atoms. The molecular formula is C48H57Cl3N2O8. The van der Waals surface area contributed by atoms with Gasteiger partial charge in [0.05, 0.1) is 10.0 Å². The van der Waals surface area contributed by atoms with E-state index in [1.165, 1.54) is 0 Å². The highest BCUT2D eigenvalue weighted by Gasteiger charge is 2.32. The average Bonchev–Trinajstić information content (AvgIpc) is 3.16. The Morgan fingerprint density at radius 1 is 0.541 bits per heavy atom. The standard InChI is InChI=1S/C48H57Cl3N2O8/c1-29(52-45(56)60-47(4,5)6)43(54)58-31(3)38(25-32-17-22-37(49)23-18-32)36-20-15-33(16-21-36)28-42(59-44(55)30(2)53-46(57)61-48(7,8)9)39(35-13-11-10-12-14-35)26-34-19-24-40(50)41(51)27-34/h10-24,27,29-31,38-39,42H,25-26,28H2,1-9H3,(H,52,56)(H,53,57)/t29-,30-,31-,38-,39+,42-/m0/s1. The highest BCUT2D eigenvalue weighted by atomic mass is 35.5. The van der Waals surface area contributed by atoms with Crippen LogP contribution in [0.1, 0.15) is 102 Å². The number of nitrogens with one attached hydrogen (secondary N) is 2. The van der Waals surface area contributed by atoms with E-state index in [1.54, 1.807) is 61.5 Å². The second kappa shape index (κ2) is 21.8. The highest BCUT2D eigenvalue weighted by molar-refractivity contribution is 6.42. The summed E-state index contributed by atoms with van der Waals surface area (Å²) in [5.74, 6) is -1.88. The van der Waals surface area contributed by atoms with Crippen molar-refractivity contribution in [2.45, 2.75) is 129 Å². The lowest BCUT2D eigenvalue weighted by molar-refractivity contribution is -0.152. The van der Waals surface area contributed by atoms with Crippen molar-refractivity contribution in [1.82, 2.24) is 10.6 Å². The molecule has 0 aliphatic carbocycles. The van der Waals surface area contributed by atoms with Gasteiger partial charge in [0, 0.05) is 23.3 Å². The zero-order chi connectivity index (χ0) is 45.1. The third-order valence-electron chi connectivity index (χ3n) is 9.64. The smallest absolute Gasteiger partial charge is 0.408 e. The number of amides is 2. The fourth-order valence-electron chi connectivity index (χ4n) is 6.62. The van der Waals surface area contributed by atoms with Crippen LogP contribution >= 0.6 is 34.8 Å². The van der Waals surface area contributed by atoms with Gasteiger partial charge in [-0.15, -0.1) is 0 Å². The van der Waals surface area contributed by atoms with Crippen LogP contribution in [0.4, 0.5) is 9.59 Å².